The smallest absolute Gasteiger partial charge is 0.242 e. The summed E-state index contributed by atoms with van der Waals surface area (Å²) in [6.45, 7) is 3.07. The highest BCUT2D eigenvalue weighted by Gasteiger charge is 2.23. The SMILES string of the molecule is CN1CCN(C(=O)Cn2cc(C(=O)c3ccc(F)cc3)c3ccnc(Cl)c32)CC1. The van der Waals surface area contributed by atoms with Crippen molar-refractivity contribution in [2.45, 2.75) is 6.54 Å². The Kier molecular flexibility index (Phi) is 5.34. The lowest BCUT2D eigenvalue weighted by molar-refractivity contribution is -0.133. The van der Waals surface area contributed by atoms with Crippen LogP contribution in [0, 0.1) is 5.82 Å². The average Bonchev–Trinajstić information content (AvgIpc) is 3.08. The van der Waals surface area contributed by atoms with Crippen molar-refractivity contribution in [3.8, 4) is 0 Å². The number of nitrogens with zero attached hydrogens (tertiary/aromatic N) is 4. The van der Waals surface area contributed by atoms with E-state index in [0.29, 0.717) is 35.1 Å². The summed E-state index contributed by atoms with van der Waals surface area (Å²) in [4.78, 5) is 33.9. The number of hydrogen-bond donors (Lipinski definition) is 0. The van der Waals surface area contributed by atoms with Crippen molar-refractivity contribution in [1.29, 1.82) is 0 Å². The van der Waals surface area contributed by atoms with Crippen LogP contribution in [0.5, 0.6) is 0 Å². The van der Waals surface area contributed by atoms with Gasteiger partial charge in [0.15, 0.2) is 10.9 Å². The van der Waals surface area contributed by atoms with E-state index in [0.717, 1.165) is 13.1 Å². The standard InChI is InChI=1S/C21H20ClFN4O2/c1-25-8-10-26(11-9-25)18(28)13-27-12-17(16-6-7-24-21(22)19(16)27)20(29)14-2-4-15(23)5-3-14/h2-7,12H,8-11,13H2,1H3. The zero-order valence-corrected chi connectivity index (χ0v) is 16.7. The predicted octanol–water partition coefficient (Wildman–Crippen LogP) is 2.83. The molecule has 0 N–H and O–H groups in total. The molecular weight excluding hydrogens is 395 g/mol. The van der Waals surface area contributed by atoms with E-state index in [4.69, 9.17) is 11.6 Å². The van der Waals surface area contributed by atoms with E-state index in [1.54, 1.807) is 16.8 Å². The van der Waals surface area contributed by atoms with E-state index in [1.165, 1.54) is 30.5 Å². The Morgan fingerprint density at radius 1 is 1.10 bits per heavy atom. The second kappa shape index (κ2) is 7.93. The molecule has 0 radical (unpaired) electrons. The monoisotopic (exact) mass is 414 g/mol. The van der Waals surface area contributed by atoms with Crippen LogP contribution in [0.15, 0.2) is 42.7 Å². The average molecular weight is 415 g/mol. The normalized spacial score (nSPS) is 15.1. The van der Waals surface area contributed by atoms with Crippen molar-refractivity contribution in [3.05, 3.63) is 64.8 Å². The summed E-state index contributed by atoms with van der Waals surface area (Å²) < 4.78 is 14.9. The van der Waals surface area contributed by atoms with E-state index in [1.807, 2.05) is 11.9 Å². The second-order valence-corrected chi connectivity index (χ2v) is 7.55. The van der Waals surface area contributed by atoms with Crippen molar-refractivity contribution >= 4 is 34.2 Å². The number of fused-ring (bicyclic) bond motifs is 1. The molecule has 2 aromatic heterocycles. The topological polar surface area (TPSA) is 58.4 Å². The van der Waals surface area contributed by atoms with Gasteiger partial charge in [0.2, 0.25) is 5.91 Å². The van der Waals surface area contributed by atoms with Gasteiger partial charge in [-0.15, -0.1) is 0 Å². The fourth-order valence-electron chi connectivity index (χ4n) is 3.57. The van der Waals surface area contributed by atoms with Crippen molar-refractivity contribution in [3.63, 3.8) is 0 Å². The number of likely N-dealkylation sites (N-methyl/N-ethyl adjacent to an activating group) is 1. The Labute approximate surface area is 172 Å². The number of halogens is 2. The molecule has 1 fully saturated rings. The highest BCUT2D eigenvalue weighted by molar-refractivity contribution is 6.34. The molecule has 3 aromatic rings. The van der Waals surface area contributed by atoms with Gasteiger partial charge in [0, 0.05) is 55.1 Å². The van der Waals surface area contributed by atoms with Crippen LogP contribution in [0.3, 0.4) is 0 Å². The van der Waals surface area contributed by atoms with E-state index >= 15 is 0 Å². The van der Waals surface area contributed by atoms with Gasteiger partial charge in [0.1, 0.15) is 12.4 Å². The van der Waals surface area contributed by atoms with Gasteiger partial charge in [-0.05, 0) is 37.4 Å². The molecule has 3 heterocycles. The van der Waals surface area contributed by atoms with Gasteiger partial charge in [0.25, 0.3) is 0 Å². The minimum Gasteiger partial charge on any atom is -0.339 e. The number of carbonyl (C=O) groups is 2. The molecule has 4 rings (SSSR count). The third kappa shape index (κ3) is 3.88. The van der Waals surface area contributed by atoms with E-state index in [-0.39, 0.29) is 23.4 Å². The third-order valence-corrected chi connectivity index (χ3v) is 5.53. The van der Waals surface area contributed by atoms with Crippen molar-refractivity contribution < 1.29 is 14.0 Å². The lowest BCUT2D eigenvalue weighted by Crippen LogP contribution is -2.48. The van der Waals surface area contributed by atoms with Gasteiger partial charge in [-0.3, -0.25) is 9.59 Å². The number of amides is 1. The van der Waals surface area contributed by atoms with E-state index < -0.39 is 5.82 Å². The molecule has 0 aliphatic carbocycles. The van der Waals surface area contributed by atoms with Crippen molar-refractivity contribution in [1.82, 2.24) is 19.4 Å². The molecule has 150 valence electrons. The zero-order chi connectivity index (χ0) is 20.5. The first-order valence-electron chi connectivity index (χ1n) is 9.34. The molecule has 1 aliphatic rings. The molecule has 0 unspecified atom stereocenters. The maximum absolute atomic E-state index is 13.2. The summed E-state index contributed by atoms with van der Waals surface area (Å²) in [5.41, 5.74) is 1.31. The number of benzene rings is 1. The Morgan fingerprint density at radius 3 is 2.48 bits per heavy atom. The molecule has 1 aliphatic heterocycles. The van der Waals surface area contributed by atoms with Crippen LogP contribution in [0.1, 0.15) is 15.9 Å². The fourth-order valence-corrected chi connectivity index (χ4v) is 3.84. The summed E-state index contributed by atoms with van der Waals surface area (Å²) in [6, 6.07) is 7.09. The number of piperazine rings is 1. The van der Waals surface area contributed by atoms with Gasteiger partial charge in [-0.25, -0.2) is 9.37 Å². The molecule has 0 spiro atoms. The zero-order valence-electron chi connectivity index (χ0n) is 15.9. The van der Waals surface area contributed by atoms with E-state index in [2.05, 4.69) is 9.88 Å². The quantitative estimate of drug-likeness (QED) is 0.486. The summed E-state index contributed by atoms with van der Waals surface area (Å²) in [7, 11) is 2.03. The van der Waals surface area contributed by atoms with Gasteiger partial charge in [0.05, 0.1) is 5.52 Å². The van der Waals surface area contributed by atoms with Crippen LogP contribution in [-0.4, -0.2) is 64.3 Å². The lowest BCUT2D eigenvalue weighted by atomic mass is 10.0. The first-order chi connectivity index (χ1) is 13.9. The van der Waals surface area contributed by atoms with E-state index in [9.17, 15) is 14.0 Å². The maximum atomic E-state index is 13.2. The number of hydrogen-bond acceptors (Lipinski definition) is 4. The Bertz CT molecular complexity index is 1070. The Hall–Kier alpha value is -2.77. The summed E-state index contributed by atoms with van der Waals surface area (Å²) >= 11 is 6.31. The highest BCUT2D eigenvalue weighted by Crippen LogP contribution is 2.28. The molecule has 6 nitrogen and oxygen atoms in total. The van der Waals surface area contributed by atoms with Crippen LogP contribution >= 0.6 is 11.6 Å². The van der Waals surface area contributed by atoms with Crippen LogP contribution in [0.25, 0.3) is 10.9 Å². The number of ketones is 1. The summed E-state index contributed by atoms with van der Waals surface area (Å²) in [5.74, 6) is -0.701. The van der Waals surface area contributed by atoms with Crippen molar-refractivity contribution in [2.75, 3.05) is 33.2 Å². The molecule has 29 heavy (non-hydrogen) atoms. The summed E-state index contributed by atoms with van der Waals surface area (Å²) in [5, 5.41) is 0.845. The lowest BCUT2D eigenvalue weighted by Gasteiger charge is -2.32. The highest BCUT2D eigenvalue weighted by atomic mass is 35.5. The van der Waals surface area contributed by atoms with Crippen LogP contribution in [-0.2, 0) is 11.3 Å². The molecular formula is C21H20ClFN4O2. The maximum Gasteiger partial charge on any atom is 0.242 e. The molecule has 0 bridgehead atoms. The van der Waals surface area contributed by atoms with Gasteiger partial charge < -0.3 is 14.4 Å². The fraction of sp³-hybridized carbons (Fsp3) is 0.286. The molecule has 1 amide bonds. The van der Waals surface area contributed by atoms with Gasteiger partial charge in [-0.1, -0.05) is 11.6 Å². The van der Waals surface area contributed by atoms with Gasteiger partial charge in [-0.2, -0.15) is 0 Å². The number of carbonyl (C=O) groups excluding carboxylic acids is 2. The van der Waals surface area contributed by atoms with Crippen LogP contribution in [0.4, 0.5) is 4.39 Å². The third-order valence-electron chi connectivity index (χ3n) is 5.25. The molecule has 8 heteroatoms. The number of aromatic nitrogens is 2. The molecule has 0 saturated carbocycles. The second-order valence-electron chi connectivity index (χ2n) is 7.19. The molecule has 1 saturated heterocycles. The minimum absolute atomic E-state index is 0.0318. The summed E-state index contributed by atoms with van der Waals surface area (Å²) in [6.07, 6.45) is 3.16. The van der Waals surface area contributed by atoms with Gasteiger partial charge >= 0.3 is 0 Å². The first kappa shape index (κ1) is 19.5. The Balaban J connectivity index is 1.69. The van der Waals surface area contributed by atoms with Crippen LogP contribution < -0.4 is 0 Å². The minimum atomic E-state index is -0.408. The molecule has 0 atom stereocenters. The first-order valence-corrected chi connectivity index (χ1v) is 9.72. The van der Waals surface area contributed by atoms with Crippen molar-refractivity contribution in [2.24, 2.45) is 0 Å². The largest absolute Gasteiger partial charge is 0.339 e. The van der Waals surface area contributed by atoms with Crippen LogP contribution in [0.2, 0.25) is 5.15 Å². The molecule has 1 aromatic carbocycles. The number of rotatable bonds is 4. The Morgan fingerprint density at radius 2 is 1.79 bits per heavy atom. The predicted molar refractivity (Wildman–Crippen MR) is 109 cm³/mol. The number of pyridine rings is 1.